The van der Waals surface area contributed by atoms with Gasteiger partial charge >= 0.3 is 0 Å². The molecule has 192 valence electrons. The Morgan fingerprint density at radius 3 is 1.76 bits per heavy atom. The van der Waals surface area contributed by atoms with Crippen LogP contribution >= 0.6 is 0 Å². The van der Waals surface area contributed by atoms with Crippen LogP contribution in [0.4, 0.5) is 0 Å². The highest BCUT2D eigenvalue weighted by Crippen LogP contribution is 2.57. The summed E-state index contributed by atoms with van der Waals surface area (Å²) in [5.74, 6) is 0. The van der Waals surface area contributed by atoms with Crippen molar-refractivity contribution in [2.75, 3.05) is 0 Å². The van der Waals surface area contributed by atoms with Gasteiger partial charge in [-0.15, -0.1) is 0 Å². The summed E-state index contributed by atoms with van der Waals surface area (Å²) in [6.45, 7) is 0.235. The SMILES string of the molecule is c1ccc2c(c1)B1c3ccc(-c4ccc5ccccc5c4)cc3-c3cccc(c31)C21c2ccccc2-c2ccccc21. The van der Waals surface area contributed by atoms with Gasteiger partial charge in [0.1, 0.15) is 0 Å². The summed E-state index contributed by atoms with van der Waals surface area (Å²) < 4.78 is 0. The first-order chi connectivity index (χ1) is 20.8. The van der Waals surface area contributed by atoms with E-state index in [0.29, 0.717) is 0 Å². The minimum absolute atomic E-state index is 0.235. The molecule has 2 heterocycles. The molecule has 0 radical (unpaired) electrons. The second-order valence-corrected chi connectivity index (χ2v) is 12.0. The standard InChI is InChI=1S/C41H25B/c1-2-11-27-24-28(21-20-26(27)10-1)29-22-23-38-33(25-29)32-14-9-18-37-40(32)42(38)39-19-8-7-17-36(39)41(37)34-15-5-3-12-30(34)31-13-4-6-16-35(31)41/h1-25H. The van der Waals surface area contributed by atoms with Crippen LogP contribution in [0.2, 0.25) is 0 Å². The molecular formula is C41H25B. The van der Waals surface area contributed by atoms with Gasteiger partial charge in [0, 0.05) is 0 Å². The lowest BCUT2D eigenvalue weighted by molar-refractivity contribution is 0.775. The van der Waals surface area contributed by atoms with Gasteiger partial charge in [0.15, 0.2) is 0 Å². The minimum atomic E-state index is -0.325. The van der Waals surface area contributed by atoms with Crippen LogP contribution < -0.4 is 16.4 Å². The molecule has 0 aromatic heterocycles. The fourth-order valence-corrected chi connectivity index (χ4v) is 8.56. The van der Waals surface area contributed by atoms with E-state index in [1.165, 1.54) is 82.8 Å². The third-order valence-electron chi connectivity index (χ3n) is 10.2. The molecular weight excluding hydrogens is 503 g/mol. The van der Waals surface area contributed by atoms with Crippen LogP contribution in [-0.2, 0) is 5.41 Å². The predicted octanol–water partition coefficient (Wildman–Crippen LogP) is 7.68. The van der Waals surface area contributed by atoms with Crippen molar-refractivity contribution in [1.82, 2.24) is 0 Å². The first-order valence-electron chi connectivity index (χ1n) is 14.9. The van der Waals surface area contributed by atoms with E-state index in [2.05, 4.69) is 152 Å². The number of benzene rings is 7. The maximum atomic E-state index is 2.44. The fraction of sp³-hybridized carbons (Fsp3) is 0.0244. The highest BCUT2D eigenvalue weighted by Gasteiger charge is 2.54. The predicted molar refractivity (Wildman–Crippen MR) is 177 cm³/mol. The van der Waals surface area contributed by atoms with Crippen LogP contribution in [0.15, 0.2) is 152 Å². The number of hydrogen-bond acceptors (Lipinski definition) is 0. The van der Waals surface area contributed by atoms with E-state index in [4.69, 9.17) is 0 Å². The number of hydrogen-bond donors (Lipinski definition) is 0. The van der Waals surface area contributed by atoms with Gasteiger partial charge in [-0.25, -0.2) is 0 Å². The molecule has 10 rings (SSSR count). The van der Waals surface area contributed by atoms with Crippen molar-refractivity contribution in [3.63, 3.8) is 0 Å². The van der Waals surface area contributed by atoms with E-state index in [9.17, 15) is 0 Å². The lowest BCUT2D eigenvalue weighted by Gasteiger charge is -2.42. The summed E-state index contributed by atoms with van der Waals surface area (Å²) in [4.78, 5) is 0. The maximum Gasteiger partial charge on any atom is 0.243 e. The molecule has 0 amide bonds. The zero-order chi connectivity index (χ0) is 27.4. The molecule has 0 saturated carbocycles. The molecule has 1 aliphatic carbocycles. The molecule has 3 aliphatic rings. The molecule has 42 heavy (non-hydrogen) atoms. The van der Waals surface area contributed by atoms with E-state index >= 15 is 0 Å². The third kappa shape index (κ3) is 2.65. The summed E-state index contributed by atoms with van der Waals surface area (Å²) in [5, 5.41) is 2.56. The Balaban J connectivity index is 1.28. The topological polar surface area (TPSA) is 0 Å². The van der Waals surface area contributed by atoms with E-state index in [0.717, 1.165) is 0 Å². The van der Waals surface area contributed by atoms with Crippen LogP contribution in [0.3, 0.4) is 0 Å². The second kappa shape index (κ2) is 7.99. The normalized spacial score (nSPS) is 14.3. The Morgan fingerprint density at radius 1 is 0.357 bits per heavy atom. The van der Waals surface area contributed by atoms with Crippen LogP contribution in [-0.4, -0.2) is 6.71 Å². The fourth-order valence-electron chi connectivity index (χ4n) is 8.56. The lowest BCUT2D eigenvalue weighted by Crippen LogP contribution is -2.59. The summed E-state index contributed by atoms with van der Waals surface area (Å²) in [6, 6.07) is 57.1. The molecule has 1 heteroatoms. The van der Waals surface area contributed by atoms with E-state index in [1.54, 1.807) is 0 Å². The molecule has 0 atom stereocenters. The molecule has 1 spiro atoms. The number of rotatable bonds is 1. The van der Waals surface area contributed by atoms with E-state index in [1.807, 2.05) is 0 Å². The molecule has 0 nitrogen and oxygen atoms in total. The Morgan fingerprint density at radius 2 is 0.952 bits per heavy atom. The summed E-state index contributed by atoms with van der Waals surface area (Å²) in [7, 11) is 0. The monoisotopic (exact) mass is 528 g/mol. The summed E-state index contributed by atoms with van der Waals surface area (Å²) in [5.41, 5.74) is 17.7. The molecule has 2 aliphatic heterocycles. The van der Waals surface area contributed by atoms with Crippen molar-refractivity contribution in [2.24, 2.45) is 0 Å². The summed E-state index contributed by atoms with van der Waals surface area (Å²) >= 11 is 0. The van der Waals surface area contributed by atoms with Gasteiger partial charge in [0.2, 0.25) is 6.71 Å². The van der Waals surface area contributed by atoms with Crippen LogP contribution in [0, 0.1) is 0 Å². The Labute approximate surface area is 246 Å². The molecule has 0 unspecified atom stereocenters. The van der Waals surface area contributed by atoms with Gasteiger partial charge in [-0.05, 0) is 78.5 Å². The molecule has 0 N–H and O–H groups in total. The van der Waals surface area contributed by atoms with Crippen LogP contribution in [0.25, 0.3) is 44.2 Å². The molecule has 7 aromatic carbocycles. The second-order valence-electron chi connectivity index (χ2n) is 12.0. The summed E-state index contributed by atoms with van der Waals surface area (Å²) in [6.07, 6.45) is 0. The Kier molecular flexibility index (Phi) is 4.29. The van der Waals surface area contributed by atoms with Crippen molar-refractivity contribution in [3.8, 4) is 33.4 Å². The van der Waals surface area contributed by atoms with Crippen molar-refractivity contribution >= 4 is 33.9 Å². The average Bonchev–Trinajstić information content (AvgIpc) is 3.55. The van der Waals surface area contributed by atoms with Crippen molar-refractivity contribution in [3.05, 3.63) is 174 Å². The Hall–Kier alpha value is -5.14. The van der Waals surface area contributed by atoms with Crippen molar-refractivity contribution in [1.29, 1.82) is 0 Å². The van der Waals surface area contributed by atoms with Crippen LogP contribution in [0.5, 0.6) is 0 Å². The van der Waals surface area contributed by atoms with Gasteiger partial charge in [-0.2, -0.15) is 0 Å². The number of fused-ring (bicyclic) bond motifs is 13. The Bertz CT molecular complexity index is 2230. The van der Waals surface area contributed by atoms with E-state index in [-0.39, 0.29) is 12.1 Å². The van der Waals surface area contributed by atoms with Gasteiger partial charge in [0.25, 0.3) is 0 Å². The van der Waals surface area contributed by atoms with Crippen molar-refractivity contribution < 1.29 is 0 Å². The van der Waals surface area contributed by atoms with Crippen molar-refractivity contribution in [2.45, 2.75) is 5.41 Å². The van der Waals surface area contributed by atoms with Gasteiger partial charge in [-0.1, -0.05) is 156 Å². The molecule has 0 bridgehead atoms. The molecule has 7 aromatic rings. The highest BCUT2D eigenvalue weighted by atomic mass is 14.5. The highest BCUT2D eigenvalue weighted by molar-refractivity contribution is 7.00. The first kappa shape index (κ1) is 22.5. The molecule has 0 saturated heterocycles. The zero-order valence-corrected chi connectivity index (χ0v) is 23.0. The maximum absolute atomic E-state index is 2.44. The average molecular weight is 528 g/mol. The third-order valence-corrected chi connectivity index (χ3v) is 10.2. The van der Waals surface area contributed by atoms with Gasteiger partial charge in [0.05, 0.1) is 5.41 Å². The first-order valence-corrected chi connectivity index (χ1v) is 14.9. The quantitative estimate of drug-likeness (QED) is 0.192. The van der Waals surface area contributed by atoms with E-state index < -0.39 is 0 Å². The minimum Gasteiger partial charge on any atom is -0.0666 e. The van der Waals surface area contributed by atoms with Gasteiger partial charge < -0.3 is 0 Å². The zero-order valence-electron chi connectivity index (χ0n) is 23.0. The van der Waals surface area contributed by atoms with Crippen LogP contribution in [0.1, 0.15) is 22.3 Å². The smallest absolute Gasteiger partial charge is 0.0666 e. The lowest BCUT2D eigenvalue weighted by atomic mass is 9.32. The molecule has 0 fully saturated rings. The van der Waals surface area contributed by atoms with Gasteiger partial charge in [-0.3, -0.25) is 0 Å². The largest absolute Gasteiger partial charge is 0.243 e.